The lowest BCUT2D eigenvalue weighted by Gasteiger charge is -2.45. The van der Waals surface area contributed by atoms with E-state index in [1.807, 2.05) is 24.3 Å². The normalized spacial score (nSPS) is 22.4. The van der Waals surface area contributed by atoms with Gasteiger partial charge in [-0.15, -0.1) is 0 Å². The van der Waals surface area contributed by atoms with Crippen LogP contribution in [0.25, 0.3) is 0 Å². The molecule has 0 saturated carbocycles. The van der Waals surface area contributed by atoms with E-state index in [2.05, 4.69) is 43.2 Å². The number of hydrogen-bond donors (Lipinski definition) is 2. The number of morpholine rings is 1. The first kappa shape index (κ1) is 18.9. The van der Waals surface area contributed by atoms with Gasteiger partial charge in [0.15, 0.2) is 0 Å². The molecule has 5 heteroatoms. The van der Waals surface area contributed by atoms with E-state index < -0.39 is 0 Å². The van der Waals surface area contributed by atoms with Crippen LogP contribution in [0.4, 0.5) is 5.69 Å². The van der Waals surface area contributed by atoms with E-state index in [1.54, 1.807) is 0 Å². The van der Waals surface area contributed by atoms with Crippen LogP contribution in [0.2, 0.25) is 0 Å². The Morgan fingerprint density at radius 2 is 1.79 bits per heavy atom. The van der Waals surface area contributed by atoms with Gasteiger partial charge in [0.25, 0.3) is 0 Å². The number of rotatable bonds is 6. The molecule has 1 saturated heterocycles. The summed E-state index contributed by atoms with van der Waals surface area (Å²) in [7, 11) is 0. The molecule has 0 aromatic heterocycles. The molecule has 1 aliphatic heterocycles. The largest absolute Gasteiger partial charge is 0.373 e. The summed E-state index contributed by atoms with van der Waals surface area (Å²) in [5.74, 6) is -0.0448. The lowest BCUT2D eigenvalue weighted by Crippen LogP contribution is -2.58. The predicted molar refractivity (Wildman–Crippen MR) is 98.1 cm³/mol. The number of amides is 1. The van der Waals surface area contributed by atoms with Gasteiger partial charge in [-0.2, -0.15) is 0 Å². The van der Waals surface area contributed by atoms with Crippen molar-refractivity contribution in [2.24, 2.45) is 0 Å². The van der Waals surface area contributed by atoms with Gasteiger partial charge in [-0.25, -0.2) is 0 Å². The van der Waals surface area contributed by atoms with Crippen molar-refractivity contribution in [3.05, 3.63) is 29.8 Å². The molecular formula is C19H31N3O2. The molecule has 134 valence electrons. The summed E-state index contributed by atoms with van der Waals surface area (Å²) < 4.78 is 5.83. The number of anilines is 1. The second kappa shape index (κ2) is 8.10. The molecule has 1 aromatic rings. The van der Waals surface area contributed by atoms with Crippen molar-refractivity contribution in [2.75, 3.05) is 25.0 Å². The smallest absolute Gasteiger partial charge is 0.221 e. The molecule has 0 spiro atoms. The summed E-state index contributed by atoms with van der Waals surface area (Å²) in [6.45, 7) is 14.1. The Morgan fingerprint density at radius 3 is 2.33 bits per heavy atom. The zero-order valence-electron chi connectivity index (χ0n) is 15.6. The maximum Gasteiger partial charge on any atom is 0.221 e. The van der Waals surface area contributed by atoms with E-state index in [4.69, 9.17) is 4.74 Å². The minimum absolute atomic E-state index is 0.0448. The molecule has 24 heavy (non-hydrogen) atoms. The van der Waals surface area contributed by atoms with E-state index in [9.17, 15) is 4.79 Å². The van der Waals surface area contributed by atoms with Gasteiger partial charge in [0.05, 0.1) is 12.2 Å². The van der Waals surface area contributed by atoms with Gasteiger partial charge in [0.1, 0.15) is 0 Å². The maximum atomic E-state index is 11.0. The van der Waals surface area contributed by atoms with Crippen LogP contribution in [0.5, 0.6) is 0 Å². The van der Waals surface area contributed by atoms with Gasteiger partial charge >= 0.3 is 0 Å². The van der Waals surface area contributed by atoms with E-state index in [1.165, 1.54) is 12.5 Å². The number of carbonyl (C=O) groups excluding carboxylic acids is 1. The SMILES string of the molecule is CC(=O)Nc1ccc(CNCC(C)(C)N2CC(C)OC(C)C2)cc1. The first-order chi connectivity index (χ1) is 11.3. The van der Waals surface area contributed by atoms with Crippen LogP contribution in [0.15, 0.2) is 24.3 Å². The Hall–Kier alpha value is -1.43. The second-order valence-corrected chi connectivity index (χ2v) is 7.46. The summed E-state index contributed by atoms with van der Waals surface area (Å²) in [5, 5.41) is 6.35. The van der Waals surface area contributed by atoms with Crippen LogP contribution in [0.1, 0.15) is 40.2 Å². The molecule has 1 heterocycles. The Labute approximate surface area is 145 Å². The molecule has 2 rings (SSSR count). The van der Waals surface area contributed by atoms with Crippen LogP contribution in [-0.2, 0) is 16.1 Å². The van der Waals surface area contributed by atoms with Gasteiger partial charge < -0.3 is 15.4 Å². The quantitative estimate of drug-likeness (QED) is 0.840. The van der Waals surface area contributed by atoms with Crippen molar-refractivity contribution in [1.29, 1.82) is 0 Å². The number of ether oxygens (including phenoxy) is 1. The van der Waals surface area contributed by atoms with E-state index in [0.717, 1.165) is 31.9 Å². The van der Waals surface area contributed by atoms with Crippen LogP contribution in [0.3, 0.4) is 0 Å². The third-order valence-electron chi connectivity index (χ3n) is 4.44. The van der Waals surface area contributed by atoms with Crippen LogP contribution < -0.4 is 10.6 Å². The first-order valence-electron chi connectivity index (χ1n) is 8.74. The molecule has 0 bridgehead atoms. The van der Waals surface area contributed by atoms with Gasteiger partial charge in [-0.1, -0.05) is 12.1 Å². The number of benzene rings is 1. The van der Waals surface area contributed by atoms with Crippen molar-refractivity contribution in [1.82, 2.24) is 10.2 Å². The topological polar surface area (TPSA) is 53.6 Å². The molecule has 1 fully saturated rings. The second-order valence-electron chi connectivity index (χ2n) is 7.46. The van der Waals surface area contributed by atoms with E-state index in [-0.39, 0.29) is 23.7 Å². The lowest BCUT2D eigenvalue weighted by atomic mass is 10.00. The van der Waals surface area contributed by atoms with Gasteiger partial charge in [0.2, 0.25) is 5.91 Å². The molecule has 0 radical (unpaired) electrons. The summed E-state index contributed by atoms with van der Waals surface area (Å²) in [6, 6.07) is 7.97. The third kappa shape index (κ3) is 5.58. The fourth-order valence-corrected chi connectivity index (χ4v) is 3.21. The standard InChI is InChI=1S/C19H31N3O2/c1-14-11-22(12-15(2)24-14)19(4,5)13-20-10-17-6-8-18(9-7-17)21-16(3)23/h6-9,14-15,20H,10-13H2,1-5H3,(H,21,23). The molecular weight excluding hydrogens is 302 g/mol. The number of hydrogen-bond acceptors (Lipinski definition) is 4. The highest BCUT2D eigenvalue weighted by molar-refractivity contribution is 5.88. The van der Waals surface area contributed by atoms with Crippen molar-refractivity contribution < 1.29 is 9.53 Å². The summed E-state index contributed by atoms with van der Waals surface area (Å²) in [4.78, 5) is 13.6. The third-order valence-corrected chi connectivity index (χ3v) is 4.44. The van der Waals surface area contributed by atoms with Crippen LogP contribution in [0, 0.1) is 0 Å². The fourth-order valence-electron chi connectivity index (χ4n) is 3.21. The van der Waals surface area contributed by atoms with Crippen LogP contribution >= 0.6 is 0 Å². The molecule has 2 N–H and O–H groups in total. The fraction of sp³-hybridized carbons (Fsp3) is 0.632. The highest BCUT2D eigenvalue weighted by Gasteiger charge is 2.32. The molecule has 5 nitrogen and oxygen atoms in total. The molecule has 1 amide bonds. The van der Waals surface area contributed by atoms with Gasteiger partial charge in [-0.3, -0.25) is 9.69 Å². The highest BCUT2D eigenvalue weighted by Crippen LogP contribution is 2.20. The van der Waals surface area contributed by atoms with Crippen LogP contribution in [-0.4, -0.2) is 48.2 Å². The molecule has 1 aliphatic rings. The van der Waals surface area contributed by atoms with Crippen molar-refractivity contribution >= 4 is 11.6 Å². The van der Waals surface area contributed by atoms with Crippen molar-refractivity contribution in [2.45, 2.75) is 58.9 Å². The Morgan fingerprint density at radius 1 is 1.21 bits per heavy atom. The summed E-state index contributed by atoms with van der Waals surface area (Å²) in [5.41, 5.74) is 2.13. The highest BCUT2D eigenvalue weighted by atomic mass is 16.5. The number of nitrogens with one attached hydrogen (secondary N) is 2. The van der Waals surface area contributed by atoms with Gasteiger partial charge in [-0.05, 0) is 45.4 Å². The summed E-state index contributed by atoms with van der Waals surface area (Å²) in [6.07, 6.45) is 0.573. The van der Waals surface area contributed by atoms with E-state index >= 15 is 0 Å². The zero-order chi connectivity index (χ0) is 17.7. The average Bonchev–Trinajstić information content (AvgIpc) is 2.47. The number of nitrogens with zero attached hydrogens (tertiary/aromatic N) is 1. The molecule has 2 atom stereocenters. The Kier molecular flexibility index (Phi) is 6.38. The molecule has 2 unspecified atom stereocenters. The average molecular weight is 333 g/mol. The summed E-state index contributed by atoms with van der Waals surface area (Å²) >= 11 is 0. The lowest BCUT2D eigenvalue weighted by molar-refractivity contribution is -0.114. The zero-order valence-corrected chi connectivity index (χ0v) is 15.6. The monoisotopic (exact) mass is 333 g/mol. The minimum atomic E-state index is -0.0448. The maximum absolute atomic E-state index is 11.0. The first-order valence-corrected chi connectivity index (χ1v) is 8.74. The molecule has 1 aromatic carbocycles. The van der Waals surface area contributed by atoms with Gasteiger partial charge in [0, 0.05) is 44.3 Å². The van der Waals surface area contributed by atoms with Crippen molar-refractivity contribution in [3.8, 4) is 0 Å². The minimum Gasteiger partial charge on any atom is -0.373 e. The Balaban J connectivity index is 1.82. The van der Waals surface area contributed by atoms with E-state index in [0.29, 0.717) is 0 Å². The Bertz CT molecular complexity index is 532. The predicted octanol–water partition coefficient (Wildman–Crippen LogP) is 2.62. The van der Waals surface area contributed by atoms with Crippen molar-refractivity contribution in [3.63, 3.8) is 0 Å². The number of carbonyl (C=O) groups is 1. The molecule has 0 aliphatic carbocycles.